The van der Waals surface area contributed by atoms with Crippen LogP contribution in [-0.4, -0.2) is 53.1 Å². The van der Waals surface area contributed by atoms with Crippen LogP contribution in [0, 0.1) is 6.92 Å². The fraction of sp³-hybridized carbons (Fsp3) is 0.462. The topological polar surface area (TPSA) is 82.1 Å². The van der Waals surface area contributed by atoms with E-state index >= 15 is 0 Å². The summed E-state index contributed by atoms with van der Waals surface area (Å²) in [6.45, 7) is 1.79. The molecule has 1 aromatic carbocycles. The molecule has 0 saturated heterocycles. The molecule has 0 heterocycles. The maximum Gasteiger partial charge on any atom is 0.414 e. The highest BCUT2D eigenvalue weighted by Gasteiger charge is 2.26. The van der Waals surface area contributed by atoms with E-state index in [0.717, 1.165) is 17.6 Å². The van der Waals surface area contributed by atoms with Gasteiger partial charge in [-0.05, 0) is 43.2 Å². The van der Waals surface area contributed by atoms with Crippen molar-refractivity contribution in [3.8, 4) is 5.75 Å². The van der Waals surface area contributed by atoms with E-state index in [0.29, 0.717) is 5.75 Å². The third kappa shape index (κ3) is 4.87. The lowest BCUT2D eigenvalue weighted by Crippen LogP contribution is -2.25. The van der Waals surface area contributed by atoms with Gasteiger partial charge in [-0.25, -0.2) is 4.79 Å². The van der Waals surface area contributed by atoms with Crippen molar-refractivity contribution in [2.45, 2.75) is 11.8 Å². The average Bonchev–Trinajstić information content (AvgIpc) is 2.37. The van der Waals surface area contributed by atoms with Crippen LogP contribution in [0.4, 0.5) is 4.79 Å². The predicted octanol–water partition coefficient (Wildman–Crippen LogP) is 2.30. The lowest BCUT2D eigenvalue weighted by atomic mass is 10.2. The van der Waals surface area contributed by atoms with Crippen LogP contribution in [-0.2, 0) is 18.2 Å². The summed E-state index contributed by atoms with van der Waals surface area (Å²) >= 11 is 0. The molecule has 22 heavy (non-hydrogen) atoms. The van der Waals surface area contributed by atoms with Crippen molar-refractivity contribution in [2.75, 3.05) is 33.7 Å². The summed E-state index contributed by atoms with van der Waals surface area (Å²) in [5, 5.41) is 0. The number of carbonyl (C=O) groups is 1. The molecule has 0 aliphatic rings. The second-order valence-electron chi connectivity index (χ2n) is 5.07. The molecule has 0 fully saturated rings. The zero-order valence-electron chi connectivity index (χ0n) is 13.4. The molecule has 1 rings (SSSR count). The summed E-state index contributed by atoms with van der Waals surface area (Å²) in [5.74, 6) is 0.379. The average molecular weight is 351 g/mol. The van der Waals surface area contributed by atoms with Crippen LogP contribution in [0.15, 0.2) is 23.1 Å². The van der Waals surface area contributed by atoms with Crippen LogP contribution in [0.3, 0.4) is 0 Å². The Bertz CT molecular complexity index is 654. The molecule has 126 valence electrons. The van der Waals surface area contributed by atoms with Crippen molar-refractivity contribution in [2.24, 2.45) is 0 Å². The number of nitrogens with zero attached hydrogens (tertiary/aromatic N) is 1. The molecule has 1 aromatic rings. The zero-order chi connectivity index (χ0) is 17.1. The first-order chi connectivity index (χ1) is 9.98. The molecule has 0 N–H and O–H groups in total. The van der Waals surface area contributed by atoms with Crippen LogP contribution in [0.5, 0.6) is 5.75 Å². The van der Waals surface area contributed by atoms with Crippen molar-refractivity contribution < 1.29 is 25.8 Å². The normalized spacial score (nSPS) is 12.8. The standard InChI is InChI=1S/C13H21NO6S2/c1-10-9-11(19-13(15)14(2)3)7-8-12(10)21(5,6)20-22(16,17)18-4/h7-9H,1-6H3. The lowest BCUT2D eigenvalue weighted by molar-refractivity contribution is 0.172. The first-order valence-electron chi connectivity index (χ1n) is 6.23. The molecule has 0 spiro atoms. The summed E-state index contributed by atoms with van der Waals surface area (Å²) in [6.07, 6.45) is 2.89. The van der Waals surface area contributed by atoms with E-state index in [1.165, 1.54) is 4.90 Å². The Balaban J connectivity index is 3.05. The number of hydrogen-bond acceptors (Lipinski definition) is 6. The van der Waals surface area contributed by atoms with Crippen LogP contribution in [0.1, 0.15) is 5.56 Å². The Morgan fingerprint density at radius 2 is 1.77 bits per heavy atom. The SMILES string of the molecule is COS(=O)(=O)OS(C)(C)c1ccc(OC(=O)N(C)C)cc1C. The number of aryl methyl sites for hydroxylation is 1. The van der Waals surface area contributed by atoms with Crippen LogP contribution in [0.2, 0.25) is 0 Å². The quantitative estimate of drug-likeness (QED) is 0.809. The van der Waals surface area contributed by atoms with Gasteiger partial charge in [0.25, 0.3) is 0 Å². The third-order valence-corrected chi connectivity index (χ3v) is 6.66. The molecular formula is C13H21NO6S2. The van der Waals surface area contributed by atoms with Crippen molar-refractivity contribution >= 4 is 26.8 Å². The molecule has 0 unspecified atom stereocenters. The number of carbonyl (C=O) groups excluding carboxylic acids is 1. The van der Waals surface area contributed by atoms with Gasteiger partial charge >= 0.3 is 16.5 Å². The Kier molecular flexibility index (Phi) is 5.85. The number of ether oxygens (including phenoxy) is 1. The molecule has 0 aliphatic carbocycles. The second-order valence-corrected chi connectivity index (χ2v) is 9.67. The molecule has 0 radical (unpaired) electrons. The van der Waals surface area contributed by atoms with Crippen LogP contribution in [0.25, 0.3) is 0 Å². The largest absolute Gasteiger partial charge is 0.414 e. The van der Waals surface area contributed by atoms with Gasteiger partial charge in [0.15, 0.2) is 0 Å². The van der Waals surface area contributed by atoms with Gasteiger partial charge in [0.05, 0.1) is 7.11 Å². The molecule has 1 amide bonds. The first kappa shape index (κ1) is 18.8. The summed E-state index contributed by atoms with van der Waals surface area (Å²) < 4.78 is 37.6. The molecule has 0 bridgehead atoms. The predicted molar refractivity (Wildman–Crippen MR) is 85.6 cm³/mol. The second kappa shape index (κ2) is 6.86. The number of benzene rings is 1. The maximum absolute atomic E-state index is 11.5. The first-order valence-corrected chi connectivity index (χ1v) is 9.94. The number of rotatable bonds is 5. The fourth-order valence-electron chi connectivity index (χ4n) is 1.70. The molecule has 9 heteroatoms. The Morgan fingerprint density at radius 3 is 2.23 bits per heavy atom. The van der Waals surface area contributed by atoms with Gasteiger partial charge in [-0.15, -0.1) is 0 Å². The van der Waals surface area contributed by atoms with E-state index in [2.05, 4.69) is 4.18 Å². The fourth-order valence-corrected chi connectivity index (χ4v) is 5.11. The van der Waals surface area contributed by atoms with E-state index in [9.17, 15) is 13.2 Å². The van der Waals surface area contributed by atoms with E-state index in [4.69, 9.17) is 8.37 Å². The van der Waals surface area contributed by atoms with Gasteiger partial charge in [0, 0.05) is 19.0 Å². The van der Waals surface area contributed by atoms with Crippen LogP contribution >= 0.6 is 10.3 Å². The van der Waals surface area contributed by atoms with Crippen LogP contribution < -0.4 is 4.74 Å². The zero-order valence-corrected chi connectivity index (χ0v) is 15.1. The minimum Gasteiger partial charge on any atom is -0.410 e. The smallest absolute Gasteiger partial charge is 0.410 e. The minimum atomic E-state index is -4.04. The number of hydrogen-bond donors (Lipinski definition) is 0. The van der Waals surface area contributed by atoms with Gasteiger partial charge < -0.3 is 9.64 Å². The highest BCUT2D eigenvalue weighted by atomic mass is 32.3. The highest BCUT2D eigenvalue weighted by molar-refractivity contribution is 8.31. The van der Waals surface area contributed by atoms with Gasteiger partial charge in [-0.1, -0.05) is 10.3 Å². The molecule has 0 atom stereocenters. The third-order valence-electron chi connectivity index (χ3n) is 2.70. The minimum absolute atomic E-state index is 0.379. The molecule has 7 nitrogen and oxygen atoms in total. The Hall–Kier alpha value is -1.29. The van der Waals surface area contributed by atoms with Crippen molar-refractivity contribution in [1.82, 2.24) is 4.90 Å². The van der Waals surface area contributed by atoms with Crippen molar-refractivity contribution in [3.63, 3.8) is 0 Å². The summed E-state index contributed by atoms with van der Waals surface area (Å²) in [7, 11) is -1.91. The van der Waals surface area contributed by atoms with Gasteiger partial charge in [0.1, 0.15) is 5.75 Å². The van der Waals surface area contributed by atoms with Crippen molar-refractivity contribution in [3.05, 3.63) is 23.8 Å². The lowest BCUT2D eigenvalue weighted by Gasteiger charge is -2.31. The van der Waals surface area contributed by atoms with Gasteiger partial charge in [-0.3, -0.25) is 4.18 Å². The summed E-state index contributed by atoms with van der Waals surface area (Å²) in [4.78, 5) is 13.6. The van der Waals surface area contributed by atoms with E-state index in [-0.39, 0.29) is 0 Å². The number of amides is 1. The monoisotopic (exact) mass is 351 g/mol. The molecular weight excluding hydrogens is 330 g/mol. The summed E-state index contributed by atoms with van der Waals surface area (Å²) in [6, 6.07) is 4.95. The van der Waals surface area contributed by atoms with Gasteiger partial charge in [0.2, 0.25) is 0 Å². The summed E-state index contributed by atoms with van der Waals surface area (Å²) in [5.41, 5.74) is 0.760. The van der Waals surface area contributed by atoms with Crippen molar-refractivity contribution in [1.29, 1.82) is 0 Å². The molecule has 0 aliphatic heterocycles. The van der Waals surface area contributed by atoms with E-state index in [1.54, 1.807) is 51.7 Å². The Morgan fingerprint density at radius 1 is 1.18 bits per heavy atom. The van der Waals surface area contributed by atoms with Gasteiger partial charge in [-0.2, -0.15) is 12.0 Å². The highest BCUT2D eigenvalue weighted by Crippen LogP contribution is 2.53. The van der Waals surface area contributed by atoms with E-state index in [1.807, 2.05) is 0 Å². The maximum atomic E-state index is 11.5. The van der Waals surface area contributed by atoms with E-state index < -0.39 is 26.8 Å². The Labute approximate surface area is 133 Å². The molecule has 0 saturated carbocycles. The molecule has 0 aromatic heterocycles.